The first-order chi connectivity index (χ1) is 7.22. The molecule has 0 unspecified atom stereocenters. The van der Waals surface area contributed by atoms with Gasteiger partial charge in [0.25, 0.3) is 0 Å². The van der Waals surface area contributed by atoms with E-state index in [2.05, 4.69) is 0 Å². The Balaban J connectivity index is 0.00000128. The van der Waals surface area contributed by atoms with E-state index in [-0.39, 0.29) is 24.2 Å². The van der Waals surface area contributed by atoms with E-state index in [0.29, 0.717) is 11.7 Å². The largest absolute Gasteiger partial charge is 0.504 e. The number of benzene rings is 1. The Kier molecular flexibility index (Phi) is 4.44. The van der Waals surface area contributed by atoms with E-state index in [1.165, 1.54) is 19.3 Å². The number of methoxy groups -OCH3 is 1. The van der Waals surface area contributed by atoms with E-state index in [9.17, 15) is 5.11 Å². The maximum Gasteiger partial charge on any atom is 0.160 e. The summed E-state index contributed by atoms with van der Waals surface area (Å²) in [7, 11) is 1.54. The Labute approximate surface area is 102 Å². The van der Waals surface area contributed by atoms with Crippen molar-refractivity contribution in [3.05, 3.63) is 23.8 Å². The van der Waals surface area contributed by atoms with Gasteiger partial charge in [-0.3, -0.25) is 0 Å². The minimum Gasteiger partial charge on any atom is -0.504 e. The molecular formula is C12H18ClNO2. The fraction of sp³-hybridized carbons (Fsp3) is 0.500. The summed E-state index contributed by atoms with van der Waals surface area (Å²) in [4.78, 5) is 0. The van der Waals surface area contributed by atoms with Gasteiger partial charge in [-0.15, -0.1) is 12.4 Å². The molecule has 3 N–H and O–H groups in total. The third kappa shape index (κ3) is 2.42. The van der Waals surface area contributed by atoms with Gasteiger partial charge in [-0.25, -0.2) is 0 Å². The van der Waals surface area contributed by atoms with Crippen molar-refractivity contribution in [2.24, 2.45) is 11.7 Å². The van der Waals surface area contributed by atoms with Crippen molar-refractivity contribution in [3.8, 4) is 11.5 Å². The van der Waals surface area contributed by atoms with Crippen molar-refractivity contribution in [1.82, 2.24) is 0 Å². The summed E-state index contributed by atoms with van der Waals surface area (Å²) in [5.74, 6) is 1.25. The van der Waals surface area contributed by atoms with Gasteiger partial charge in [0.15, 0.2) is 11.5 Å². The van der Waals surface area contributed by atoms with Gasteiger partial charge in [-0.1, -0.05) is 12.5 Å². The van der Waals surface area contributed by atoms with Crippen LogP contribution in [0.1, 0.15) is 30.9 Å². The van der Waals surface area contributed by atoms with Crippen molar-refractivity contribution in [1.29, 1.82) is 0 Å². The van der Waals surface area contributed by atoms with Gasteiger partial charge >= 0.3 is 0 Å². The minimum absolute atomic E-state index is 0. The predicted molar refractivity (Wildman–Crippen MR) is 66.2 cm³/mol. The number of aromatic hydroxyl groups is 1. The van der Waals surface area contributed by atoms with E-state index in [0.717, 1.165) is 5.56 Å². The molecule has 3 nitrogen and oxygen atoms in total. The quantitative estimate of drug-likeness (QED) is 0.858. The molecule has 0 bridgehead atoms. The zero-order valence-electron chi connectivity index (χ0n) is 9.35. The van der Waals surface area contributed by atoms with Crippen LogP contribution in [0.4, 0.5) is 0 Å². The second kappa shape index (κ2) is 5.41. The van der Waals surface area contributed by atoms with Crippen LogP contribution in [0.25, 0.3) is 0 Å². The van der Waals surface area contributed by atoms with Crippen molar-refractivity contribution in [2.75, 3.05) is 7.11 Å². The fourth-order valence-electron chi connectivity index (χ4n) is 1.99. The van der Waals surface area contributed by atoms with Crippen molar-refractivity contribution in [3.63, 3.8) is 0 Å². The Morgan fingerprint density at radius 2 is 2.12 bits per heavy atom. The SMILES string of the molecule is COc1ccc([C@@H](N)C2CCC2)cc1O.Cl. The summed E-state index contributed by atoms with van der Waals surface area (Å²) in [6, 6.07) is 5.46. The van der Waals surface area contributed by atoms with E-state index in [4.69, 9.17) is 10.5 Å². The molecule has 1 aliphatic carbocycles. The third-order valence-electron chi connectivity index (χ3n) is 3.25. The topological polar surface area (TPSA) is 55.5 Å². The molecule has 0 saturated heterocycles. The summed E-state index contributed by atoms with van der Waals surface area (Å²) in [5, 5.41) is 9.63. The second-order valence-electron chi connectivity index (χ2n) is 4.15. The molecule has 0 radical (unpaired) electrons. The van der Waals surface area contributed by atoms with E-state index < -0.39 is 0 Å². The molecule has 0 spiro atoms. The summed E-state index contributed by atoms with van der Waals surface area (Å²) in [6.07, 6.45) is 3.68. The minimum atomic E-state index is 0. The molecule has 0 aliphatic heterocycles. The number of hydrogen-bond donors (Lipinski definition) is 2. The molecule has 0 amide bonds. The lowest BCUT2D eigenvalue weighted by atomic mass is 9.77. The zero-order valence-corrected chi connectivity index (χ0v) is 10.2. The molecule has 1 saturated carbocycles. The van der Waals surface area contributed by atoms with Crippen LogP contribution in [0.2, 0.25) is 0 Å². The predicted octanol–water partition coefficient (Wildman–Crippen LogP) is 2.62. The molecule has 0 aromatic heterocycles. The summed E-state index contributed by atoms with van der Waals surface area (Å²) in [6.45, 7) is 0. The van der Waals surface area contributed by atoms with Crippen LogP contribution in [-0.4, -0.2) is 12.2 Å². The number of rotatable bonds is 3. The lowest BCUT2D eigenvalue weighted by molar-refractivity contribution is 0.263. The summed E-state index contributed by atoms with van der Waals surface area (Å²) < 4.78 is 4.99. The highest BCUT2D eigenvalue weighted by Gasteiger charge is 2.25. The van der Waals surface area contributed by atoms with Crippen molar-refractivity contribution < 1.29 is 9.84 Å². The Hall–Kier alpha value is -0.930. The first-order valence-electron chi connectivity index (χ1n) is 5.35. The van der Waals surface area contributed by atoms with E-state index in [1.807, 2.05) is 6.07 Å². The molecule has 4 heteroatoms. The molecule has 1 aliphatic rings. The van der Waals surface area contributed by atoms with Crippen molar-refractivity contribution >= 4 is 12.4 Å². The van der Waals surface area contributed by atoms with Crippen LogP contribution in [0.5, 0.6) is 11.5 Å². The van der Waals surface area contributed by atoms with Gasteiger partial charge in [0.2, 0.25) is 0 Å². The zero-order chi connectivity index (χ0) is 10.8. The number of hydrogen-bond acceptors (Lipinski definition) is 3. The Bertz CT molecular complexity index is 353. The second-order valence-corrected chi connectivity index (χ2v) is 4.15. The van der Waals surface area contributed by atoms with E-state index in [1.54, 1.807) is 19.2 Å². The summed E-state index contributed by atoms with van der Waals surface area (Å²) >= 11 is 0. The fourth-order valence-corrected chi connectivity index (χ4v) is 1.99. The summed E-state index contributed by atoms with van der Waals surface area (Å²) in [5.41, 5.74) is 7.11. The molecule has 0 heterocycles. The Morgan fingerprint density at radius 1 is 1.44 bits per heavy atom. The number of ether oxygens (including phenoxy) is 1. The average Bonchev–Trinajstić information content (AvgIpc) is 2.15. The lowest BCUT2D eigenvalue weighted by Crippen LogP contribution is -2.26. The molecule has 1 aromatic carbocycles. The van der Waals surface area contributed by atoms with Gasteiger partial charge in [0, 0.05) is 6.04 Å². The van der Waals surface area contributed by atoms with Crippen LogP contribution in [0.3, 0.4) is 0 Å². The number of halogens is 1. The molecule has 2 rings (SSSR count). The first kappa shape index (κ1) is 13.1. The van der Waals surface area contributed by atoms with Crippen LogP contribution >= 0.6 is 12.4 Å². The van der Waals surface area contributed by atoms with Gasteiger partial charge in [0.1, 0.15) is 0 Å². The van der Waals surface area contributed by atoms with Crippen LogP contribution < -0.4 is 10.5 Å². The van der Waals surface area contributed by atoms with Gasteiger partial charge in [-0.2, -0.15) is 0 Å². The molecule has 1 aromatic rings. The molecule has 16 heavy (non-hydrogen) atoms. The molecular weight excluding hydrogens is 226 g/mol. The van der Waals surface area contributed by atoms with Crippen molar-refractivity contribution in [2.45, 2.75) is 25.3 Å². The van der Waals surface area contributed by atoms with Gasteiger partial charge < -0.3 is 15.6 Å². The highest BCUT2D eigenvalue weighted by molar-refractivity contribution is 5.85. The lowest BCUT2D eigenvalue weighted by Gasteiger charge is -2.31. The Morgan fingerprint density at radius 3 is 2.56 bits per heavy atom. The highest BCUT2D eigenvalue weighted by atomic mass is 35.5. The number of phenolic OH excluding ortho intramolecular Hbond substituents is 1. The molecule has 1 atom stereocenters. The number of nitrogens with two attached hydrogens (primary N) is 1. The van der Waals surface area contributed by atoms with Gasteiger partial charge in [0.05, 0.1) is 7.11 Å². The van der Waals surface area contributed by atoms with Crippen LogP contribution in [0, 0.1) is 5.92 Å². The smallest absolute Gasteiger partial charge is 0.160 e. The highest BCUT2D eigenvalue weighted by Crippen LogP contribution is 2.38. The van der Waals surface area contributed by atoms with E-state index >= 15 is 0 Å². The standard InChI is InChI=1S/C12H17NO2.ClH/c1-15-11-6-5-9(7-10(11)14)12(13)8-3-2-4-8;/h5-8,12,14H,2-4,13H2,1H3;1H/t12-;/m0./s1. The normalized spacial score (nSPS) is 17.1. The number of phenols is 1. The first-order valence-corrected chi connectivity index (χ1v) is 5.35. The average molecular weight is 244 g/mol. The maximum absolute atomic E-state index is 9.63. The maximum atomic E-state index is 9.63. The molecule has 1 fully saturated rings. The van der Waals surface area contributed by atoms with Crippen LogP contribution in [0.15, 0.2) is 18.2 Å². The van der Waals surface area contributed by atoms with Crippen LogP contribution in [-0.2, 0) is 0 Å². The third-order valence-corrected chi connectivity index (χ3v) is 3.25. The van der Waals surface area contributed by atoms with Gasteiger partial charge in [-0.05, 0) is 36.5 Å². The molecule has 90 valence electrons. The monoisotopic (exact) mass is 243 g/mol.